The van der Waals surface area contributed by atoms with Crippen LogP contribution in [0, 0.1) is 0 Å². The van der Waals surface area contributed by atoms with Gasteiger partial charge in [0.2, 0.25) is 0 Å². The zero-order chi connectivity index (χ0) is 7.84. The molecule has 64 valence electrons. The third kappa shape index (κ3) is 1.06. The second-order valence-electron chi connectivity index (χ2n) is 2.94. The largest absolute Gasteiger partial charge is 0.388 e. The predicted molar refractivity (Wildman–Crippen MR) is 36.3 cm³/mol. The Kier molecular flexibility index (Phi) is 1.85. The molecule has 11 heavy (non-hydrogen) atoms. The third-order valence-electron chi connectivity index (χ3n) is 2.28. The van der Waals surface area contributed by atoms with Crippen LogP contribution in [0.5, 0.6) is 0 Å². The topological polar surface area (TPSA) is 47.9 Å². The monoisotopic (exact) mass is 160 g/mol. The number of ether oxygens (including phenoxy) is 3. The van der Waals surface area contributed by atoms with Crippen molar-refractivity contribution in [2.45, 2.75) is 24.4 Å². The molecule has 1 N–H and O–H groups in total. The number of fused-ring (bicyclic) bond motifs is 1. The zero-order valence-electron chi connectivity index (χ0n) is 6.40. The van der Waals surface area contributed by atoms with Crippen LogP contribution in [-0.2, 0) is 14.2 Å². The molecule has 2 aliphatic rings. The molecule has 0 aliphatic carbocycles. The van der Waals surface area contributed by atoms with Gasteiger partial charge in [0.15, 0.2) is 0 Å². The lowest BCUT2D eigenvalue weighted by atomic mass is 10.1. The predicted octanol–water partition coefficient (Wildman–Crippen LogP) is -0.840. The van der Waals surface area contributed by atoms with Gasteiger partial charge in [0, 0.05) is 7.11 Å². The van der Waals surface area contributed by atoms with Crippen molar-refractivity contribution in [1.29, 1.82) is 0 Å². The standard InChI is InChI=1S/C7H12O4/c1-9-5-3-11-6-4(8)2-10-7(5)6/h4-8H,2-3H2,1H3/t4-,5?,6?,7?/m1/s1. The minimum Gasteiger partial charge on any atom is -0.388 e. The first-order chi connectivity index (χ1) is 5.33. The van der Waals surface area contributed by atoms with Crippen LogP contribution in [0.3, 0.4) is 0 Å². The van der Waals surface area contributed by atoms with E-state index < -0.39 is 6.10 Å². The summed E-state index contributed by atoms with van der Waals surface area (Å²) in [7, 11) is 1.63. The van der Waals surface area contributed by atoms with Crippen molar-refractivity contribution in [2.24, 2.45) is 0 Å². The van der Waals surface area contributed by atoms with Crippen molar-refractivity contribution in [1.82, 2.24) is 0 Å². The number of aliphatic hydroxyl groups excluding tert-OH is 1. The molecule has 0 amide bonds. The summed E-state index contributed by atoms with van der Waals surface area (Å²) in [6, 6.07) is 0. The average Bonchev–Trinajstić information content (AvgIpc) is 2.53. The molecule has 2 heterocycles. The fourth-order valence-corrected chi connectivity index (χ4v) is 1.65. The van der Waals surface area contributed by atoms with E-state index in [-0.39, 0.29) is 18.3 Å². The molecule has 2 fully saturated rings. The Bertz CT molecular complexity index is 149. The van der Waals surface area contributed by atoms with Crippen molar-refractivity contribution in [3.63, 3.8) is 0 Å². The van der Waals surface area contributed by atoms with E-state index in [9.17, 15) is 5.11 Å². The molecule has 0 bridgehead atoms. The summed E-state index contributed by atoms with van der Waals surface area (Å²) >= 11 is 0. The summed E-state index contributed by atoms with van der Waals surface area (Å²) in [4.78, 5) is 0. The SMILES string of the molecule is COC1COC2C1OC[C@H]2O. The van der Waals surface area contributed by atoms with Crippen molar-refractivity contribution >= 4 is 0 Å². The fraction of sp³-hybridized carbons (Fsp3) is 1.00. The van der Waals surface area contributed by atoms with Crippen LogP contribution in [0.4, 0.5) is 0 Å². The maximum Gasteiger partial charge on any atom is 0.115 e. The van der Waals surface area contributed by atoms with Crippen LogP contribution in [-0.4, -0.2) is 49.8 Å². The van der Waals surface area contributed by atoms with Crippen LogP contribution in [0.2, 0.25) is 0 Å². The first kappa shape index (κ1) is 7.49. The highest BCUT2D eigenvalue weighted by atomic mass is 16.6. The molecular weight excluding hydrogens is 148 g/mol. The summed E-state index contributed by atoms with van der Waals surface area (Å²) in [5.74, 6) is 0. The van der Waals surface area contributed by atoms with Crippen LogP contribution in [0.15, 0.2) is 0 Å². The van der Waals surface area contributed by atoms with Crippen LogP contribution >= 0.6 is 0 Å². The highest BCUT2D eigenvalue weighted by molar-refractivity contribution is 4.94. The highest BCUT2D eigenvalue weighted by Gasteiger charge is 2.47. The van der Waals surface area contributed by atoms with Gasteiger partial charge in [0.05, 0.1) is 13.2 Å². The van der Waals surface area contributed by atoms with E-state index in [0.29, 0.717) is 13.2 Å². The van der Waals surface area contributed by atoms with Crippen LogP contribution in [0.1, 0.15) is 0 Å². The average molecular weight is 160 g/mol. The molecule has 4 heteroatoms. The maximum atomic E-state index is 9.31. The van der Waals surface area contributed by atoms with Crippen molar-refractivity contribution < 1.29 is 19.3 Å². The lowest BCUT2D eigenvalue weighted by Crippen LogP contribution is -2.32. The van der Waals surface area contributed by atoms with E-state index in [1.807, 2.05) is 0 Å². The third-order valence-corrected chi connectivity index (χ3v) is 2.28. The molecule has 4 atom stereocenters. The van der Waals surface area contributed by atoms with Gasteiger partial charge < -0.3 is 19.3 Å². The van der Waals surface area contributed by atoms with E-state index in [0.717, 1.165) is 0 Å². The Morgan fingerprint density at radius 2 is 2.00 bits per heavy atom. The van der Waals surface area contributed by atoms with Gasteiger partial charge in [-0.3, -0.25) is 0 Å². The van der Waals surface area contributed by atoms with E-state index >= 15 is 0 Å². The Labute approximate surface area is 65.1 Å². The first-order valence-corrected chi connectivity index (χ1v) is 3.77. The lowest BCUT2D eigenvalue weighted by molar-refractivity contribution is -0.0168. The molecular formula is C7H12O4. The van der Waals surface area contributed by atoms with E-state index in [4.69, 9.17) is 14.2 Å². The van der Waals surface area contributed by atoms with Gasteiger partial charge in [-0.2, -0.15) is 0 Å². The number of methoxy groups -OCH3 is 1. The number of hydrogen-bond acceptors (Lipinski definition) is 4. The van der Waals surface area contributed by atoms with Crippen LogP contribution in [0.25, 0.3) is 0 Å². The number of hydrogen-bond donors (Lipinski definition) is 1. The number of aliphatic hydroxyl groups is 1. The van der Waals surface area contributed by atoms with Gasteiger partial charge in [0.25, 0.3) is 0 Å². The van der Waals surface area contributed by atoms with Crippen molar-refractivity contribution in [2.75, 3.05) is 20.3 Å². The smallest absolute Gasteiger partial charge is 0.115 e. The summed E-state index contributed by atoms with van der Waals surface area (Å²) < 4.78 is 15.7. The quantitative estimate of drug-likeness (QED) is 0.543. The molecule has 0 saturated carbocycles. The van der Waals surface area contributed by atoms with Crippen molar-refractivity contribution in [3.8, 4) is 0 Å². The van der Waals surface area contributed by atoms with Gasteiger partial charge in [0.1, 0.15) is 24.4 Å². The summed E-state index contributed by atoms with van der Waals surface area (Å²) in [6.45, 7) is 0.901. The Hall–Kier alpha value is -0.160. The molecule has 0 radical (unpaired) electrons. The summed E-state index contributed by atoms with van der Waals surface area (Å²) in [5.41, 5.74) is 0. The maximum absolute atomic E-state index is 9.31. The highest BCUT2D eigenvalue weighted by Crippen LogP contribution is 2.28. The van der Waals surface area contributed by atoms with E-state index in [2.05, 4.69) is 0 Å². The normalized spacial score (nSPS) is 49.6. The van der Waals surface area contributed by atoms with Gasteiger partial charge in [-0.05, 0) is 0 Å². The van der Waals surface area contributed by atoms with Crippen molar-refractivity contribution in [3.05, 3.63) is 0 Å². The van der Waals surface area contributed by atoms with Crippen LogP contribution < -0.4 is 0 Å². The molecule has 4 nitrogen and oxygen atoms in total. The fourth-order valence-electron chi connectivity index (χ4n) is 1.65. The second-order valence-corrected chi connectivity index (χ2v) is 2.94. The van der Waals surface area contributed by atoms with E-state index in [1.54, 1.807) is 7.11 Å². The summed E-state index contributed by atoms with van der Waals surface area (Å²) in [6.07, 6.45) is -0.702. The van der Waals surface area contributed by atoms with Gasteiger partial charge >= 0.3 is 0 Å². The zero-order valence-corrected chi connectivity index (χ0v) is 6.40. The summed E-state index contributed by atoms with van der Waals surface area (Å²) in [5, 5.41) is 9.31. The second kappa shape index (κ2) is 2.71. The molecule has 2 saturated heterocycles. The van der Waals surface area contributed by atoms with E-state index in [1.165, 1.54) is 0 Å². The molecule has 2 rings (SSSR count). The van der Waals surface area contributed by atoms with Gasteiger partial charge in [-0.15, -0.1) is 0 Å². The minimum absolute atomic E-state index is 0.00264. The Balaban J connectivity index is 2.04. The molecule has 0 aromatic rings. The van der Waals surface area contributed by atoms with Gasteiger partial charge in [-0.1, -0.05) is 0 Å². The Morgan fingerprint density at radius 1 is 1.27 bits per heavy atom. The van der Waals surface area contributed by atoms with Gasteiger partial charge in [-0.25, -0.2) is 0 Å². The molecule has 0 spiro atoms. The molecule has 0 aromatic carbocycles. The molecule has 3 unspecified atom stereocenters. The molecule has 2 aliphatic heterocycles. The first-order valence-electron chi connectivity index (χ1n) is 3.77. The number of rotatable bonds is 1. The lowest BCUT2D eigenvalue weighted by Gasteiger charge is -2.12. The minimum atomic E-state index is -0.472. The molecule has 0 aromatic heterocycles. The Morgan fingerprint density at radius 3 is 2.73 bits per heavy atom.